The summed E-state index contributed by atoms with van der Waals surface area (Å²) in [6.07, 6.45) is 1.00. The van der Waals surface area contributed by atoms with Gasteiger partial charge < -0.3 is 19.4 Å². The van der Waals surface area contributed by atoms with Crippen LogP contribution in [0.25, 0.3) is 0 Å². The number of esters is 1. The van der Waals surface area contributed by atoms with Crippen molar-refractivity contribution in [1.82, 2.24) is 14.6 Å². The summed E-state index contributed by atoms with van der Waals surface area (Å²) in [4.78, 5) is 30.4. The van der Waals surface area contributed by atoms with Gasteiger partial charge in [0.25, 0.3) is 5.91 Å². The lowest BCUT2D eigenvalue weighted by atomic mass is 10.0. The number of piperidine rings is 1. The molecule has 10 heteroatoms. The Morgan fingerprint density at radius 3 is 2.41 bits per heavy atom. The molecule has 9 nitrogen and oxygen atoms in total. The van der Waals surface area contributed by atoms with Crippen LogP contribution in [0.15, 0.2) is 35.2 Å². The maximum Gasteiger partial charge on any atom is 0.340 e. The zero-order chi connectivity index (χ0) is 23.3. The summed E-state index contributed by atoms with van der Waals surface area (Å²) in [5.74, 6) is -0.715. The monoisotopic (exact) mass is 463 g/mol. The minimum absolute atomic E-state index is 0.134. The highest BCUT2D eigenvalue weighted by molar-refractivity contribution is 7.89. The van der Waals surface area contributed by atoms with E-state index in [0.29, 0.717) is 55.1 Å². The summed E-state index contributed by atoms with van der Waals surface area (Å²) in [6, 6.07) is 7.97. The van der Waals surface area contributed by atoms with E-state index in [1.54, 1.807) is 49.1 Å². The highest BCUT2D eigenvalue weighted by Crippen LogP contribution is 2.23. The van der Waals surface area contributed by atoms with E-state index in [1.807, 2.05) is 0 Å². The Balaban J connectivity index is 1.62. The Morgan fingerprint density at radius 2 is 1.78 bits per heavy atom. The number of nitrogens with one attached hydrogen (secondary N) is 2. The average molecular weight is 464 g/mol. The first-order valence-corrected chi connectivity index (χ1v) is 11.9. The predicted molar refractivity (Wildman–Crippen MR) is 118 cm³/mol. The molecule has 174 valence electrons. The Hall–Kier alpha value is -2.69. The van der Waals surface area contributed by atoms with Crippen molar-refractivity contribution in [2.45, 2.75) is 37.6 Å². The lowest BCUT2D eigenvalue weighted by Crippen LogP contribution is -2.46. The molecule has 0 atom stereocenters. The fourth-order valence-electron chi connectivity index (χ4n) is 3.81. The smallest absolute Gasteiger partial charge is 0.340 e. The van der Waals surface area contributed by atoms with Crippen LogP contribution in [0.4, 0.5) is 0 Å². The number of hydrogen-bond acceptors (Lipinski definition) is 6. The number of sulfonamides is 1. The van der Waals surface area contributed by atoms with Crippen molar-refractivity contribution in [3.05, 3.63) is 52.8 Å². The van der Waals surface area contributed by atoms with E-state index in [0.717, 1.165) is 0 Å². The van der Waals surface area contributed by atoms with Gasteiger partial charge in [0, 0.05) is 31.9 Å². The second kappa shape index (κ2) is 10.3. The van der Waals surface area contributed by atoms with Crippen LogP contribution >= 0.6 is 0 Å². The summed E-state index contributed by atoms with van der Waals surface area (Å²) in [6.45, 7) is 4.68. The van der Waals surface area contributed by atoms with Crippen LogP contribution in [0.1, 0.15) is 44.9 Å². The first-order chi connectivity index (χ1) is 15.2. The van der Waals surface area contributed by atoms with Crippen LogP contribution in [-0.4, -0.2) is 69.6 Å². The molecule has 1 aromatic heterocycles. The molecule has 0 saturated carbocycles. The van der Waals surface area contributed by atoms with Crippen LogP contribution in [0.5, 0.6) is 0 Å². The van der Waals surface area contributed by atoms with Crippen LogP contribution < -0.4 is 4.72 Å². The van der Waals surface area contributed by atoms with Crippen LogP contribution in [0.3, 0.4) is 0 Å². The third-order valence-corrected chi connectivity index (χ3v) is 7.07. The van der Waals surface area contributed by atoms with Crippen molar-refractivity contribution in [3.8, 4) is 0 Å². The van der Waals surface area contributed by atoms with Gasteiger partial charge in [0.2, 0.25) is 10.0 Å². The number of aromatic amines is 1. The number of aromatic nitrogens is 1. The number of H-pyrrole nitrogens is 1. The molecule has 0 spiro atoms. The molecule has 0 radical (unpaired) electrons. The number of likely N-dealkylation sites (tertiary alicyclic amines) is 1. The number of benzene rings is 1. The van der Waals surface area contributed by atoms with Crippen molar-refractivity contribution >= 4 is 21.9 Å². The first-order valence-electron chi connectivity index (χ1n) is 10.5. The second-order valence-electron chi connectivity index (χ2n) is 7.75. The molecule has 32 heavy (non-hydrogen) atoms. The van der Waals surface area contributed by atoms with Gasteiger partial charge in [-0.2, -0.15) is 0 Å². The summed E-state index contributed by atoms with van der Waals surface area (Å²) in [5.41, 5.74) is 1.82. The molecule has 3 rings (SSSR count). The molecular weight excluding hydrogens is 434 g/mol. The number of carbonyl (C=O) groups is 2. The number of hydrogen-bond donors (Lipinski definition) is 2. The standard InChI is InChI=1S/C22H29N3O6S/c1-15-19(22(27)31-14-13-30-3)16(2)23-20(15)21(26)25-11-9-17(10-12-25)24-32(28,29)18-7-5-4-6-8-18/h4-8,17,23-24H,9-14H2,1-3H3. The van der Waals surface area contributed by atoms with Crippen molar-refractivity contribution < 1.29 is 27.5 Å². The number of aryl methyl sites for hydroxylation is 1. The molecule has 1 saturated heterocycles. The molecule has 2 N–H and O–H groups in total. The normalized spacial score (nSPS) is 15.0. The molecule has 0 bridgehead atoms. The Bertz CT molecular complexity index is 1060. The molecule has 2 aromatic rings. The second-order valence-corrected chi connectivity index (χ2v) is 9.47. The fourth-order valence-corrected chi connectivity index (χ4v) is 5.13. The van der Waals surface area contributed by atoms with Crippen LogP contribution in [-0.2, 0) is 19.5 Å². The average Bonchev–Trinajstić information content (AvgIpc) is 3.08. The van der Waals surface area contributed by atoms with E-state index in [9.17, 15) is 18.0 Å². The van der Waals surface area contributed by atoms with Crippen LogP contribution in [0, 0.1) is 13.8 Å². The third-order valence-electron chi connectivity index (χ3n) is 5.53. The number of amides is 1. The molecular formula is C22H29N3O6S. The SMILES string of the molecule is COCCOC(=O)c1c(C)[nH]c(C(=O)N2CCC(NS(=O)(=O)c3ccccc3)CC2)c1C. The minimum atomic E-state index is -3.60. The van der Waals surface area contributed by atoms with Crippen molar-refractivity contribution in [2.75, 3.05) is 33.4 Å². The van der Waals surface area contributed by atoms with Gasteiger partial charge in [-0.1, -0.05) is 18.2 Å². The number of carbonyl (C=O) groups excluding carboxylic acids is 2. The van der Waals surface area contributed by atoms with Crippen molar-refractivity contribution in [2.24, 2.45) is 0 Å². The van der Waals surface area contributed by atoms with Crippen LogP contribution in [0.2, 0.25) is 0 Å². The van der Waals surface area contributed by atoms with Gasteiger partial charge in [0.05, 0.1) is 17.1 Å². The molecule has 2 heterocycles. The fraction of sp³-hybridized carbons (Fsp3) is 0.455. The van der Waals surface area contributed by atoms with Gasteiger partial charge in [-0.15, -0.1) is 0 Å². The molecule has 1 aromatic carbocycles. The van der Waals surface area contributed by atoms with Crippen molar-refractivity contribution in [1.29, 1.82) is 0 Å². The minimum Gasteiger partial charge on any atom is -0.460 e. The summed E-state index contributed by atoms with van der Waals surface area (Å²) in [7, 11) is -2.08. The van der Waals surface area contributed by atoms with Gasteiger partial charge in [-0.05, 0) is 44.4 Å². The Morgan fingerprint density at radius 1 is 1.12 bits per heavy atom. The highest BCUT2D eigenvalue weighted by Gasteiger charge is 2.30. The number of nitrogens with zero attached hydrogens (tertiary/aromatic N) is 1. The number of rotatable bonds is 8. The van der Waals surface area contributed by atoms with Gasteiger partial charge >= 0.3 is 5.97 Å². The van der Waals surface area contributed by atoms with E-state index in [2.05, 4.69) is 9.71 Å². The first kappa shape index (κ1) is 24.0. The zero-order valence-electron chi connectivity index (χ0n) is 18.5. The molecule has 1 aliphatic heterocycles. The molecule has 1 aliphatic rings. The molecule has 0 aliphatic carbocycles. The summed E-state index contributed by atoms with van der Waals surface area (Å²) < 4.78 is 37.9. The summed E-state index contributed by atoms with van der Waals surface area (Å²) in [5, 5.41) is 0. The molecule has 1 amide bonds. The van der Waals surface area contributed by atoms with Gasteiger partial charge in [-0.3, -0.25) is 4.79 Å². The zero-order valence-corrected chi connectivity index (χ0v) is 19.3. The quantitative estimate of drug-likeness (QED) is 0.457. The highest BCUT2D eigenvalue weighted by atomic mass is 32.2. The number of methoxy groups -OCH3 is 1. The van der Waals surface area contributed by atoms with E-state index >= 15 is 0 Å². The van der Waals surface area contributed by atoms with Gasteiger partial charge in [0.1, 0.15) is 12.3 Å². The van der Waals surface area contributed by atoms with Gasteiger partial charge in [0.15, 0.2) is 0 Å². The summed E-state index contributed by atoms with van der Waals surface area (Å²) >= 11 is 0. The van der Waals surface area contributed by atoms with E-state index in [1.165, 1.54) is 7.11 Å². The third kappa shape index (κ3) is 5.37. The number of ether oxygens (including phenoxy) is 2. The largest absolute Gasteiger partial charge is 0.460 e. The molecule has 1 fully saturated rings. The molecule has 0 unspecified atom stereocenters. The van der Waals surface area contributed by atoms with E-state index in [-0.39, 0.29) is 23.5 Å². The Labute approximate surface area is 188 Å². The lowest BCUT2D eigenvalue weighted by molar-refractivity contribution is 0.0386. The maximum atomic E-state index is 13.1. The Kier molecular flexibility index (Phi) is 7.70. The predicted octanol–water partition coefficient (Wildman–Crippen LogP) is 2.02. The van der Waals surface area contributed by atoms with Crippen molar-refractivity contribution in [3.63, 3.8) is 0 Å². The van der Waals surface area contributed by atoms with E-state index in [4.69, 9.17) is 9.47 Å². The van der Waals surface area contributed by atoms with E-state index < -0.39 is 16.0 Å². The van der Waals surface area contributed by atoms with Gasteiger partial charge in [-0.25, -0.2) is 17.9 Å². The maximum absolute atomic E-state index is 13.1. The topological polar surface area (TPSA) is 118 Å². The lowest BCUT2D eigenvalue weighted by Gasteiger charge is -2.32.